The molecular weight excluding hydrogens is 372 g/mol. The van der Waals surface area contributed by atoms with Crippen LogP contribution in [0.1, 0.15) is 17.8 Å². The Bertz CT molecular complexity index is 1150. The molecule has 0 saturated heterocycles. The average Bonchev–Trinajstić information content (AvgIpc) is 3.14. The predicted molar refractivity (Wildman–Crippen MR) is 112 cm³/mol. The molecule has 4 rings (SSSR count). The van der Waals surface area contributed by atoms with Crippen molar-refractivity contribution >= 4 is 38.4 Å². The van der Waals surface area contributed by atoms with Gasteiger partial charge in [0.05, 0.1) is 33.5 Å². The number of carbonyl (C=O) groups excluding carboxylic acids is 1. The SMILES string of the molecule is O=C(CCn1ncc(=O)c2ccccc21)NCCCc1nc2ccccc2s1. The Balaban J connectivity index is 1.26. The van der Waals surface area contributed by atoms with Crippen LogP contribution in [-0.4, -0.2) is 27.2 Å². The number of hydrogen-bond donors (Lipinski definition) is 1. The first-order valence-electron chi connectivity index (χ1n) is 9.27. The van der Waals surface area contributed by atoms with Gasteiger partial charge < -0.3 is 5.32 Å². The molecule has 28 heavy (non-hydrogen) atoms. The van der Waals surface area contributed by atoms with Crippen LogP contribution in [-0.2, 0) is 17.8 Å². The summed E-state index contributed by atoms with van der Waals surface area (Å²) in [6, 6.07) is 15.4. The topological polar surface area (TPSA) is 76.9 Å². The second kappa shape index (κ2) is 8.31. The van der Waals surface area contributed by atoms with Gasteiger partial charge in [-0.3, -0.25) is 14.3 Å². The number of benzene rings is 2. The fraction of sp³-hybridized carbons (Fsp3) is 0.238. The lowest BCUT2D eigenvalue weighted by Crippen LogP contribution is -2.26. The smallest absolute Gasteiger partial charge is 0.221 e. The number of amides is 1. The maximum atomic E-state index is 12.1. The first-order valence-corrected chi connectivity index (χ1v) is 10.1. The van der Waals surface area contributed by atoms with E-state index in [1.165, 1.54) is 10.9 Å². The minimum atomic E-state index is -0.105. The Hall–Kier alpha value is -3.06. The summed E-state index contributed by atoms with van der Waals surface area (Å²) in [5.41, 5.74) is 1.68. The van der Waals surface area contributed by atoms with Gasteiger partial charge in [-0.15, -0.1) is 11.3 Å². The summed E-state index contributed by atoms with van der Waals surface area (Å²) in [5, 5.41) is 8.82. The van der Waals surface area contributed by atoms with Crippen LogP contribution in [0.5, 0.6) is 0 Å². The van der Waals surface area contributed by atoms with Crippen molar-refractivity contribution in [3.8, 4) is 0 Å². The number of fused-ring (bicyclic) bond motifs is 2. The second-order valence-electron chi connectivity index (χ2n) is 6.53. The molecule has 142 valence electrons. The number of thiazole rings is 1. The van der Waals surface area contributed by atoms with Crippen molar-refractivity contribution in [2.45, 2.75) is 25.8 Å². The standard InChI is InChI=1S/C21H20N4O2S/c26-18-14-23-25(17-8-3-1-6-15(17)18)13-11-20(27)22-12-5-10-21-24-16-7-2-4-9-19(16)28-21/h1-4,6-9,14H,5,10-13H2,(H,22,27). The highest BCUT2D eigenvalue weighted by Gasteiger charge is 2.07. The molecule has 6 nitrogen and oxygen atoms in total. The van der Waals surface area contributed by atoms with Gasteiger partial charge in [0.1, 0.15) is 0 Å². The predicted octanol–water partition coefficient (Wildman–Crippen LogP) is 3.15. The van der Waals surface area contributed by atoms with Crippen molar-refractivity contribution in [1.29, 1.82) is 0 Å². The average molecular weight is 392 g/mol. The van der Waals surface area contributed by atoms with Crippen LogP contribution in [0.3, 0.4) is 0 Å². The summed E-state index contributed by atoms with van der Waals surface area (Å²) in [7, 11) is 0. The Labute approximate surface area is 165 Å². The molecule has 2 aromatic heterocycles. The third kappa shape index (κ3) is 4.09. The van der Waals surface area contributed by atoms with E-state index in [4.69, 9.17) is 0 Å². The van der Waals surface area contributed by atoms with Gasteiger partial charge in [0.25, 0.3) is 0 Å². The van der Waals surface area contributed by atoms with Crippen molar-refractivity contribution in [2.24, 2.45) is 0 Å². The molecule has 1 N–H and O–H groups in total. The van der Waals surface area contributed by atoms with Gasteiger partial charge in [-0.1, -0.05) is 24.3 Å². The number of rotatable bonds is 7. The Kier molecular flexibility index (Phi) is 5.43. The molecular formula is C21H20N4O2S. The van der Waals surface area contributed by atoms with Crippen molar-refractivity contribution in [3.63, 3.8) is 0 Å². The van der Waals surface area contributed by atoms with Gasteiger partial charge in [-0.2, -0.15) is 5.10 Å². The zero-order chi connectivity index (χ0) is 19.3. The van der Waals surface area contributed by atoms with Gasteiger partial charge in [0.2, 0.25) is 11.3 Å². The zero-order valence-electron chi connectivity index (χ0n) is 15.3. The van der Waals surface area contributed by atoms with E-state index < -0.39 is 0 Å². The molecule has 0 bridgehead atoms. The van der Waals surface area contributed by atoms with Gasteiger partial charge in [-0.05, 0) is 30.7 Å². The highest BCUT2D eigenvalue weighted by atomic mass is 32.1. The van der Waals surface area contributed by atoms with Crippen molar-refractivity contribution < 1.29 is 4.79 Å². The Morgan fingerprint density at radius 3 is 2.82 bits per heavy atom. The monoisotopic (exact) mass is 392 g/mol. The summed E-state index contributed by atoms with van der Waals surface area (Å²) >= 11 is 1.70. The van der Waals surface area contributed by atoms with E-state index in [0.29, 0.717) is 24.9 Å². The molecule has 4 aromatic rings. The van der Waals surface area contributed by atoms with Gasteiger partial charge >= 0.3 is 0 Å². The van der Waals surface area contributed by atoms with E-state index in [2.05, 4.69) is 21.5 Å². The third-order valence-corrected chi connectivity index (χ3v) is 5.64. The molecule has 0 saturated carbocycles. The highest BCUT2D eigenvalue weighted by molar-refractivity contribution is 7.18. The number of aryl methyl sites for hydroxylation is 2. The highest BCUT2D eigenvalue weighted by Crippen LogP contribution is 2.22. The third-order valence-electron chi connectivity index (χ3n) is 4.54. The molecule has 0 fully saturated rings. The van der Waals surface area contributed by atoms with E-state index in [1.54, 1.807) is 22.1 Å². The lowest BCUT2D eigenvalue weighted by atomic mass is 10.2. The summed E-state index contributed by atoms with van der Waals surface area (Å²) in [6.45, 7) is 1.05. The number of nitrogens with one attached hydrogen (secondary N) is 1. The Morgan fingerprint density at radius 2 is 1.93 bits per heavy atom. The molecule has 0 unspecified atom stereocenters. The number of para-hydroxylation sites is 2. The molecule has 0 radical (unpaired) electrons. The van der Waals surface area contributed by atoms with Gasteiger partial charge in [-0.25, -0.2) is 4.98 Å². The zero-order valence-corrected chi connectivity index (χ0v) is 16.1. The molecule has 7 heteroatoms. The molecule has 0 aliphatic carbocycles. The summed E-state index contributed by atoms with van der Waals surface area (Å²) in [4.78, 5) is 28.6. The minimum Gasteiger partial charge on any atom is -0.356 e. The van der Waals surface area contributed by atoms with Crippen LogP contribution >= 0.6 is 11.3 Å². The fourth-order valence-corrected chi connectivity index (χ4v) is 4.14. The lowest BCUT2D eigenvalue weighted by molar-refractivity contribution is -0.121. The first-order chi connectivity index (χ1) is 13.7. The van der Waals surface area contributed by atoms with Crippen molar-refractivity contribution in [3.05, 3.63) is 70.0 Å². The van der Waals surface area contributed by atoms with Crippen LogP contribution in [0.15, 0.2) is 59.5 Å². The molecule has 0 atom stereocenters. The number of aromatic nitrogens is 3. The van der Waals surface area contributed by atoms with Gasteiger partial charge in [0.15, 0.2) is 0 Å². The lowest BCUT2D eigenvalue weighted by Gasteiger charge is -2.09. The Morgan fingerprint density at radius 1 is 1.11 bits per heavy atom. The van der Waals surface area contributed by atoms with Crippen LogP contribution in [0.4, 0.5) is 0 Å². The summed E-state index contributed by atoms with van der Waals surface area (Å²) in [5.74, 6) is -0.0196. The van der Waals surface area contributed by atoms with Crippen LogP contribution in [0, 0.1) is 0 Å². The van der Waals surface area contributed by atoms with E-state index in [9.17, 15) is 9.59 Å². The van der Waals surface area contributed by atoms with E-state index in [1.807, 2.05) is 36.4 Å². The molecule has 0 aliphatic rings. The molecule has 0 aliphatic heterocycles. The normalized spacial score (nSPS) is 11.1. The van der Waals surface area contributed by atoms with Crippen molar-refractivity contribution in [2.75, 3.05) is 6.54 Å². The number of hydrogen-bond acceptors (Lipinski definition) is 5. The van der Waals surface area contributed by atoms with Gasteiger partial charge in [0, 0.05) is 24.8 Å². The molecule has 1 amide bonds. The largest absolute Gasteiger partial charge is 0.356 e. The molecule has 0 spiro atoms. The van der Waals surface area contributed by atoms with E-state index in [0.717, 1.165) is 28.9 Å². The van der Waals surface area contributed by atoms with Crippen molar-refractivity contribution in [1.82, 2.24) is 20.1 Å². The first kappa shape index (κ1) is 18.3. The fourth-order valence-electron chi connectivity index (χ4n) is 3.13. The number of carbonyl (C=O) groups is 1. The second-order valence-corrected chi connectivity index (χ2v) is 7.64. The minimum absolute atomic E-state index is 0.0196. The molecule has 2 aromatic carbocycles. The number of nitrogens with zero attached hydrogens (tertiary/aromatic N) is 3. The summed E-state index contributed by atoms with van der Waals surface area (Å²) in [6.07, 6.45) is 3.33. The van der Waals surface area contributed by atoms with E-state index in [-0.39, 0.29) is 11.3 Å². The van der Waals surface area contributed by atoms with Crippen LogP contribution < -0.4 is 10.7 Å². The van der Waals surface area contributed by atoms with Crippen LogP contribution in [0.25, 0.3) is 21.1 Å². The maximum Gasteiger partial charge on any atom is 0.221 e. The molecule has 2 heterocycles. The van der Waals surface area contributed by atoms with E-state index >= 15 is 0 Å². The summed E-state index contributed by atoms with van der Waals surface area (Å²) < 4.78 is 2.90. The quantitative estimate of drug-likeness (QED) is 0.490. The maximum absolute atomic E-state index is 12.1. The van der Waals surface area contributed by atoms with Crippen LogP contribution in [0.2, 0.25) is 0 Å².